The van der Waals surface area contributed by atoms with Crippen molar-refractivity contribution in [3.8, 4) is 0 Å². The number of aromatic nitrogens is 1. The Kier molecular flexibility index (Phi) is 4.72. The summed E-state index contributed by atoms with van der Waals surface area (Å²) >= 11 is 0. The summed E-state index contributed by atoms with van der Waals surface area (Å²) < 4.78 is 5.06. The van der Waals surface area contributed by atoms with Gasteiger partial charge in [-0.25, -0.2) is 0 Å². The lowest BCUT2D eigenvalue weighted by Gasteiger charge is -2.15. The van der Waals surface area contributed by atoms with Crippen molar-refractivity contribution < 1.29 is 14.6 Å². The molecule has 0 amide bonds. The number of pyridine rings is 1. The standard InChI is InChI=1S/C11H16N2O3/c1-8-6-12-4-3-10(8)13-7-9(16-2)5-11(14)15/h3-4,6,9H,5,7H2,1-2H3,(H,12,13)(H,14,15). The summed E-state index contributed by atoms with van der Waals surface area (Å²) in [6.45, 7) is 2.40. The molecule has 5 nitrogen and oxygen atoms in total. The van der Waals surface area contributed by atoms with Crippen LogP contribution in [0.25, 0.3) is 0 Å². The van der Waals surface area contributed by atoms with Crippen LogP contribution in [0.4, 0.5) is 5.69 Å². The number of carbonyl (C=O) groups is 1. The molecule has 0 bridgehead atoms. The van der Waals surface area contributed by atoms with Gasteiger partial charge in [-0.2, -0.15) is 0 Å². The summed E-state index contributed by atoms with van der Waals surface area (Å²) in [7, 11) is 1.51. The van der Waals surface area contributed by atoms with Crippen molar-refractivity contribution >= 4 is 11.7 Å². The Bertz CT molecular complexity index is 355. The highest BCUT2D eigenvalue weighted by Gasteiger charge is 2.12. The number of nitrogens with zero attached hydrogens (tertiary/aromatic N) is 1. The monoisotopic (exact) mass is 224 g/mol. The first-order valence-corrected chi connectivity index (χ1v) is 5.02. The summed E-state index contributed by atoms with van der Waals surface area (Å²) in [5.74, 6) is -0.861. The normalized spacial score (nSPS) is 12.1. The molecule has 0 spiro atoms. The Morgan fingerprint density at radius 3 is 3.00 bits per heavy atom. The van der Waals surface area contributed by atoms with Crippen LogP contribution in [0, 0.1) is 6.92 Å². The van der Waals surface area contributed by atoms with E-state index in [1.165, 1.54) is 7.11 Å². The Balaban J connectivity index is 2.49. The van der Waals surface area contributed by atoms with Gasteiger partial charge in [0, 0.05) is 31.7 Å². The molecule has 2 N–H and O–H groups in total. The second kappa shape index (κ2) is 6.07. The van der Waals surface area contributed by atoms with Crippen molar-refractivity contribution in [2.24, 2.45) is 0 Å². The molecule has 1 aromatic heterocycles. The molecule has 16 heavy (non-hydrogen) atoms. The quantitative estimate of drug-likeness (QED) is 0.761. The van der Waals surface area contributed by atoms with Crippen LogP contribution in [-0.2, 0) is 9.53 Å². The highest BCUT2D eigenvalue weighted by molar-refractivity contribution is 5.67. The third-order valence-electron chi connectivity index (χ3n) is 2.28. The molecule has 88 valence electrons. The zero-order chi connectivity index (χ0) is 12.0. The molecule has 1 unspecified atom stereocenters. The Morgan fingerprint density at radius 1 is 1.69 bits per heavy atom. The second-order valence-corrected chi connectivity index (χ2v) is 3.53. The van der Waals surface area contributed by atoms with E-state index >= 15 is 0 Å². The number of methoxy groups -OCH3 is 1. The SMILES string of the molecule is COC(CNc1ccncc1C)CC(=O)O. The minimum atomic E-state index is -0.861. The first-order valence-electron chi connectivity index (χ1n) is 5.02. The van der Waals surface area contributed by atoms with E-state index in [1.54, 1.807) is 12.4 Å². The first-order chi connectivity index (χ1) is 7.63. The molecule has 1 atom stereocenters. The number of ether oxygens (including phenoxy) is 1. The van der Waals surface area contributed by atoms with Crippen molar-refractivity contribution in [3.05, 3.63) is 24.0 Å². The fourth-order valence-corrected chi connectivity index (χ4v) is 1.33. The predicted molar refractivity (Wildman–Crippen MR) is 60.5 cm³/mol. The largest absolute Gasteiger partial charge is 0.481 e. The van der Waals surface area contributed by atoms with Gasteiger partial charge in [-0.15, -0.1) is 0 Å². The topological polar surface area (TPSA) is 71.5 Å². The molecule has 0 radical (unpaired) electrons. The first kappa shape index (κ1) is 12.4. The van der Waals surface area contributed by atoms with Crippen LogP contribution in [0.3, 0.4) is 0 Å². The third-order valence-corrected chi connectivity index (χ3v) is 2.28. The predicted octanol–water partition coefficient (Wildman–Crippen LogP) is 1.29. The average molecular weight is 224 g/mol. The second-order valence-electron chi connectivity index (χ2n) is 3.53. The van der Waals surface area contributed by atoms with Gasteiger partial charge < -0.3 is 15.2 Å². The number of carboxylic acids is 1. The lowest BCUT2D eigenvalue weighted by molar-refractivity contribution is -0.139. The Morgan fingerprint density at radius 2 is 2.44 bits per heavy atom. The Hall–Kier alpha value is -1.62. The van der Waals surface area contributed by atoms with Gasteiger partial charge in [0.15, 0.2) is 0 Å². The van der Waals surface area contributed by atoms with Gasteiger partial charge in [-0.1, -0.05) is 0 Å². The molecule has 1 aromatic rings. The van der Waals surface area contributed by atoms with Gasteiger partial charge in [0.2, 0.25) is 0 Å². The van der Waals surface area contributed by atoms with Gasteiger partial charge in [0.05, 0.1) is 12.5 Å². The van der Waals surface area contributed by atoms with Crippen LogP contribution in [0.15, 0.2) is 18.5 Å². The minimum absolute atomic E-state index is 0.00632. The van der Waals surface area contributed by atoms with Crippen molar-refractivity contribution in [2.45, 2.75) is 19.4 Å². The molecule has 0 saturated carbocycles. The molecule has 0 aliphatic heterocycles. The van der Waals surface area contributed by atoms with Crippen LogP contribution in [-0.4, -0.2) is 35.8 Å². The smallest absolute Gasteiger partial charge is 0.306 e. The van der Waals surface area contributed by atoms with E-state index < -0.39 is 5.97 Å². The van der Waals surface area contributed by atoms with E-state index in [-0.39, 0.29) is 12.5 Å². The molecule has 0 saturated heterocycles. The maximum atomic E-state index is 10.5. The number of carboxylic acid groups (broad SMARTS) is 1. The Labute approximate surface area is 94.5 Å². The van der Waals surface area contributed by atoms with Gasteiger partial charge in [0.25, 0.3) is 0 Å². The van der Waals surface area contributed by atoms with Crippen molar-refractivity contribution in [1.82, 2.24) is 4.98 Å². The van der Waals surface area contributed by atoms with Crippen molar-refractivity contribution in [3.63, 3.8) is 0 Å². The van der Waals surface area contributed by atoms with Crippen molar-refractivity contribution in [2.75, 3.05) is 19.0 Å². The molecular formula is C11H16N2O3. The zero-order valence-electron chi connectivity index (χ0n) is 9.43. The van der Waals surface area contributed by atoms with Crippen LogP contribution < -0.4 is 5.32 Å². The van der Waals surface area contributed by atoms with E-state index in [0.717, 1.165) is 11.3 Å². The number of hydrogen-bond donors (Lipinski definition) is 2. The van der Waals surface area contributed by atoms with Crippen LogP contribution in [0.2, 0.25) is 0 Å². The molecule has 0 aliphatic carbocycles. The summed E-state index contributed by atoms with van der Waals surface area (Å²) in [6, 6.07) is 1.85. The minimum Gasteiger partial charge on any atom is -0.481 e. The summed E-state index contributed by atoms with van der Waals surface area (Å²) in [5, 5.41) is 11.8. The molecular weight excluding hydrogens is 208 g/mol. The van der Waals surface area contributed by atoms with Gasteiger partial charge in [-0.3, -0.25) is 9.78 Å². The van der Waals surface area contributed by atoms with E-state index in [4.69, 9.17) is 9.84 Å². The number of aliphatic carboxylic acids is 1. The fraction of sp³-hybridized carbons (Fsp3) is 0.455. The van der Waals surface area contributed by atoms with Gasteiger partial charge in [0.1, 0.15) is 0 Å². The molecule has 5 heteroatoms. The fourth-order valence-electron chi connectivity index (χ4n) is 1.33. The summed E-state index contributed by atoms with van der Waals surface area (Å²) in [4.78, 5) is 14.5. The molecule has 0 fully saturated rings. The number of rotatable bonds is 6. The van der Waals surface area contributed by atoms with Gasteiger partial charge in [-0.05, 0) is 18.6 Å². The summed E-state index contributed by atoms with van der Waals surface area (Å²) in [5.41, 5.74) is 1.97. The maximum Gasteiger partial charge on any atom is 0.306 e. The molecule has 0 aliphatic rings. The molecule has 1 rings (SSSR count). The maximum absolute atomic E-state index is 10.5. The lowest BCUT2D eigenvalue weighted by Crippen LogP contribution is -2.25. The highest BCUT2D eigenvalue weighted by Crippen LogP contribution is 2.12. The number of aryl methyl sites for hydroxylation is 1. The third kappa shape index (κ3) is 3.86. The highest BCUT2D eigenvalue weighted by atomic mass is 16.5. The van der Waals surface area contributed by atoms with E-state index in [1.807, 2.05) is 13.0 Å². The van der Waals surface area contributed by atoms with E-state index in [2.05, 4.69) is 10.3 Å². The molecule has 1 heterocycles. The van der Waals surface area contributed by atoms with Crippen molar-refractivity contribution in [1.29, 1.82) is 0 Å². The zero-order valence-corrected chi connectivity index (χ0v) is 9.43. The molecule has 0 aromatic carbocycles. The number of nitrogens with one attached hydrogen (secondary N) is 1. The van der Waals surface area contributed by atoms with E-state index in [0.29, 0.717) is 6.54 Å². The average Bonchev–Trinajstić information content (AvgIpc) is 2.25. The van der Waals surface area contributed by atoms with E-state index in [9.17, 15) is 4.79 Å². The lowest BCUT2D eigenvalue weighted by atomic mass is 10.2. The van der Waals surface area contributed by atoms with Crippen LogP contribution >= 0.6 is 0 Å². The number of anilines is 1. The van der Waals surface area contributed by atoms with Gasteiger partial charge >= 0.3 is 5.97 Å². The van der Waals surface area contributed by atoms with Crippen LogP contribution in [0.5, 0.6) is 0 Å². The number of hydrogen-bond acceptors (Lipinski definition) is 4. The van der Waals surface area contributed by atoms with Crippen LogP contribution in [0.1, 0.15) is 12.0 Å². The summed E-state index contributed by atoms with van der Waals surface area (Å²) in [6.07, 6.45) is 3.11.